The van der Waals surface area contributed by atoms with Crippen LogP contribution in [0.5, 0.6) is 5.75 Å². The molecular weight excluding hydrogens is 534 g/mol. The smallest absolute Gasteiger partial charge is 0.337 e. The van der Waals surface area contributed by atoms with Gasteiger partial charge in [0, 0.05) is 19.3 Å². The lowest BCUT2D eigenvalue weighted by molar-refractivity contribution is -0.110. The van der Waals surface area contributed by atoms with Gasteiger partial charge in [0.1, 0.15) is 10.6 Å². The molecular formula is C28H29N5O6S. The van der Waals surface area contributed by atoms with Crippen molar-refractivity contribution in [1.29, 1.82) is 0 Å². The Kier molecular flexibility index (Phi) is 8.19. The monoisotopic (exact) mass is 563 g/mol. The maximum Gasteiger partial charge on any atom is 0.337 e. The first-order valence-corrected chi connectivity index (χ1v) is 13.7. The van der Waals surface area contributed by atoms with Crippen molar-refractivity contribution < 1.29 is 27.5 Å². The fourth-order valence-electron chi connectivity index (χ4n) is 4.14. The number of nitrogens with zero attached hydrogens (tertiary/aromatic N) is 3. The summed E-state index contributed by atoms with van der Waals surface area (Å²) in [6.45, 7) is 4.53. The maximum atomic E-state index is 13.9. The molecule has 0 atom stereocenters. The highest BCUT2D eigenvalue weighted by Crippen LogP contribution is 2.32. The zero-order valence-electron chi connectivity index (χ0n) is 22.7. The first kappa shape index (κ1) is 28.3. The van der Waals surface area contributed by atoms with Crippen LogP contribution in [0.1, 0.15) is 22.8 Å². The number of amides is 1. The second-order valence-corrected chi connectivity index (χ2v) is 10.3. The van der Waals surface area contributed by atoms with Gasteiger partial charge in [-0.2, -0.15) is 8.42 Å². The molecule has 208 valence electrons. The van der Waals surface area contributed by atoms with E-state index in [-0.39, 0.29) is 33.4 Å². The van der Waals surface area contributed by atoms with Crippen LogP contribution in [0.2, 0.25) is 0 Å². The summed E-state index contributed by atoms with van der Waals surface area (Å²) in [6, 6.07) is 16.2. The Balaban J connectivity index is 1.86. The number of methoxy groups -OCH3 is 2. The average Bonchev–Trinajstić information content (AvgIpc) is 2.94. The Hall–Kier alpha value is -4.71. The Bertz CT molecular complexity index is 1650. The van der Waals surface area contributed by atoms with Crippen molar-refractivity contribution >= 4 is 56.2 Å². The number of ether oxygens (including phenoxy) is 2. The van der Waals surface area contributed by atoms with Crippen molar-refractivity contribution in [1.82, 2.24) is 0 Å². The number of hydrogen-bond acceptors (Lipinski definition) is 9. The van der Waals surface area contributed by atoms with Gasteiger partial charge in [0.05, 0.1) is 36.8 Å². The minimum Gasteiger partial charge on any atom is -0.495 e. The minimum atomic E-state index is -4.14. The van der Waals surface area contributed by atoms with Gasteiger partial charge in [-0.15, -0.1) is 4.40 Å². The number of fused-ring (bicyclic) bond motifs is 1. The molecule has 1 aliphatic rings. The van der Waals surface area contributed by atoms with Crippen LogP contribution in [-0.4, -0.2) is 59.7 Å². The van der Waals surface area contributed by atoms with Crippen molar-refractivity contribution in [2.24, 2.45) is 9.39 Å². The molecule has 0 aliphatic carbocycles. The van der Waals surface area contributed by atoms with E-state index >= 15 is 0 Å². The molecule has 0 saturated heterocycles. The number of carbonyl (C=O) groups excluding carboxylic acids is 2. The minimum absolute atomic E-state index is 0.0135. The van der Waals surface area contributed by atoms with E-state index in [1.165, 1.54) is 43.4 Å². The number of hydrogen-bond donors (Lipinski definition) is 2. The molecule has 0 radical (unpaired) electrons. The molecule has 1 amide bonds. The average molecular weight is 564 g/mol. The molecule has 12 heteroatoms. The summed E-state index contributed by atoms with van der Waals surface area (Å²) < 4.78 is 40.4. The summed E-state index contributed by atoms with van der Waals surface area (Å²) in [5.41, 5.74) is 2.48. The predicted octanol–water partition coefficient (Wildman–Crippen LogP) is 4.17. The highest BCUT2D eigenvalue weighted by atomic mass is 32.2. The van der Waals surface area contributed by atoms with E-state index in [1.807, 2.05) is 26.0 Å². The molecule has 40 heavy (non-hydrogen) atoms. The van der Waals surface area contributed by atoms with Gasteiger partial charge in [-0.3, -0.25) is 4.79 Å². The predicted molar refractivity (Wildman–Crippen MR) is 155 cm³/mol. The fourth-order valence-corrected chi connectivity index (χ4v) is 5.40. The summed E-state index contributed by atoms with van der Waals surface area (Å²) in [5, 5.41) is 5.92. The van der Waals surface area contributed by atoms with Crippen LogP contribution in [0.3, 0.4) is 0 Å². The zero-order chi connectivity index (χ0) is 29.0. The van der Waals surface area contributed by atoms with Crippen LogP contribution in [0.15, 0.2) is 74.9 Å². The van der Waals surface area contributed by atoms with Crippen molar-refractivity contribution in [3.05, 3.63) is 71.8 Å². The van der Waals surface area contributed by atoms with E-state index in [0.29, 0.717) is 11.4 Å². The third-order valence-corrected chi connectivity index (χ3v) is 7.45. The molecule has 0 spiro atoms. The number of amidine groups is 1. The normalized spacial score (nSPS) is 14.1. The number of aryl methyl sites for hydroxylation is 1. The van der Waals surface area contributed by atoms with Crippen LogP contribution < -0.4 is 20.3 Å². The van der Waals surface area contributed by atoms with E-state index in [2.05, 4.69) is 20.0 Å². The molecule has 3 aromatic carbocycles. The van der Waals surface area contributed by atoms with E-state index in [4.69, 9.17) is 9.47 Å². The van der Waals surface area contributed by atoms with Crippen molar-refractivity contribution in [3.63, 3.8) is 0 Å². The van der Waals surface area contributed by atoms with Gasteiger partial charge in [0.2, 0.25) is 0 Å². The summed E-state index contributed by atoms with van der Waals surface area (Å²) >= 11 is 0. The number of carbonyl (C=O) groups is 2. The topological polar surface area (TPSA) is 139 Å². The van der Waals surface area contributed by atoms with Gasteiger partial charge in [-0.05, 0) is 67.9 Å². The number of benzene rings is 3. The van der Waals surface area contributed by atoms with Gasteiger partial charge in [0.25, 0.3) is 15.9 Å². The number of sulfonamides is 1. The first-order valence-electron chi connectivity index (χ1n) is 12.3. The molecule has 4 rings (SSSR count). The van der Waals surface area contributed by atoms with Gasteiger partial charge >= 0.3 is 5.97 Å². The lowest BCUT2D eigenvalue weighted by Crippen LogP contribution is -2.43. The number of rotatable bonds is 8. The Morgan fingerprint density at radius 1 is 1.05 bits per heavy atom. The van der Waals surface area contributed by atoms with Crippen LogP contribution >= 0.6 is 0 Å². The third kappa shape index (κ3) is 5.66. The fraction of sp³-hybridized carbons (Fsp3) is 0.214. The van der Waals surface area contributed by atoms with Crippen LogP contribution in [0.25, 0.3) is 0 Å². The van der Waals surface area contributed by atoms with E-state index < -0.39 is 21.9 Å². The van der Waals surface area contributed by atoms with Crippen LogP contribution in [-0.2, 0) is 19.6 Å². The molecule has 0 aromatic heterocycles. The second-order valence-electron chi connectivity index (χ2n) is 8.77. The highest BCUT2D eigenvalue weighted by molar-refractivity contribution is 7.90. The molecule has 11 nitrogen and oxygen atoms in total. The SMILES string of the molecule is CCNc1ccc(N=C(C(=O)Nc2cc(C(=O)OC)ccc2OC)C2=NS(=O)(=O)c3ccccc3N2C)c(C)c1. The lowest BCUT2D eigenvalue weighted by Gasteiger charge is -2.27. The summed E-state index contributed by atoms with van der Waals surface area (Å²) in [4.78, 5) is 32.1. The summed E-state index contributed by atoms with van der Waals surface area (Å²) in [6.07, 6.45) is 0. The quantitative estimate of drug-likeness (QED) is 0.308. The summed E-state index contributed by atoms with van der Waals surface area (Å²) in [7, 11) is 0.126. The molecule has 2 N–H and O–H groups in total. The molecule has 3 aromatic rings. The van der Waals surface area contributed by atoms with Crippen LogP contribution in [0.4, 0.5) is 22.7 Å². The molecule has 1 heterocycles. The van der Waals surface area contributed by atoms with Gasteiger partial charge in [-0.25, -0.2) is 9.79 Å². The van der Waals surface area contributed by atoms with E-state index in [1.54, 1.807) is 31.3 Å². The largest absolute Gasteiger partial charge is 0.495 e. The Morgan fingerprint density at radius 3 is 2.48 bits per heavy atom. The zero-order valence-corrected chi connectivity index (χ0v) is 23.5. The molecule has 1 aliphatic heterocycles. The molecule has 0 unspecified atom stereocenters. The molecule has 0 saturated carbocycles. The Labute approximate surface area is 232 Å². The van der Waals surface area contributed by atoms with Gasteiger partial charge in [0.15, 0.2) is 11.5 Å². The van der Waals surface area contributed by atoms with Gasteiger partial charge < -0.3 is 25.0 Å². The Morgan fingerprint density at radius 2 is 1.80 bits per heavy atom. The number of aliphatic imine (C=N–C) groups is 1. The third-order valence-electron chi connectivity index (χ3n) is 6.13. The lowest BCUT2D eigenvalue weighted by atomic mass is 10.1. The van der Waals surface area contributed by atoms with E-state index in [0.717, 1.165) is 17.8 Å². The number of nitrogens with one attached hydrogen (secondary N) is 2. The molecule has 0 bridgehead atoms. The summed E-state index contributed by atoms with van der Waals surface area (Å²) in [5.74, 6) is -1.28. The van der Waals surface area contributed by atoms with Crippen molar-refractivity contribution in [2.45, 2.75) is 18.7 Å². The highest BCUT2D eigenvalue weighted by Gasteiger charge is 2.34. The van der Waals surface area contributed by atoms with E-state index in [9.17, 15) is 18.0 Å². The number of esters is 1. The maximum absolute atomic E-state index is 13.9. The van der Waals surface area contributed by atoms with Crippen LogP contribution in [0, 0.1) is 6.92 Å². The number of para-hydroxylation sites is 1. The second kappa shape index (κ2) is 11.6. The standard InChI is InChI=1S/C28H29N5O6S/c1-6-29-19-12-13-20(17(2)15-19)30-25(26-32-40(36,37)24-10-8-7-9-22(24)33(26)3)27(34)31-21-16-18(28(35)39-5)11-14-23(21)38-4/h7-16,29H,6H2,1-5H3,(H,31,34). The van der Waals surface area contributed by atoms with Crippen molar-refractivity contribution in [2.75, 3.05) is 43.3 Å². The number of anilines is 3. The first-order chi connectivity index (χ1) is 19.1. The van der Waals surface area contributed by atoms with Gasteiger partial charge in [-0.1, -0.05) is 12.1 Å². The molecule has 0 fully saturated rings. The van der Waals surface area contributed by atoms with Crippen molar-refractivity contribution in [3.8, 4) is 5.75 Å².